The average molecular weight is 499 g/mol. The average Bonchev–Trinajstić information content (AvgIpc) is 2.60. The van der Waals surface area contributed by atoms with E-state index in [1.54, 1.807) is 12.1 Å². The highest BCUT2D eigenvalue weighted by Gasteiger charge is 2.13. The Morgan fingerprint density at radius 1 is 1.31 bits per heavy atom. The van der Waals surface area contributed by atoms with Gasteiger partial charge in [-0.05, 0) is 71.0 Å². The minimum Gasteiger partial charge on any atom is -0.490 e. The Kier molecular flexibility index (Phi) is 7.69. The molecule has 2 N–H and O–H groups in total. The molecule has 0 aliphatic carbocycles. The Hall–Kier alpha value is -1.82. The molecule has 4 nitrogen and oxygen atoms in total. The number of thiocarbonyl (C=S) groups is 1. The molecule has 2 aromatic rings. The summed E-state index contributed by atoms with van der Waals surface area (Å²) in [4.78, 5) is 0.0588. The lowest BCUT2D eigenvalue weighted by Gasteiger charge is -2.15. The van der Waals surface area contributed by atoms with Gasteiger partial charge in [0.2, 0.25) is 0 Å². The van der Waals surface area contributed by atoms with E-state index in [4.69, 9.17) is 44.3 Å². The van der Waals surface area contributed by atoms with E-state index in [1.165, 1.54) is 0 Å². The van der Waals surface area contributed by atoms with Crippen LogP contribution in [0.25, 0.3) is 6.08 Å². The van der Waals surface area contributed by atoms with Crippen LogP contribution in [0, 0.1) is 14.9 Å². The molecule has 0 bridgehead atoms. The molecule has 0 spiro atoms. The predicted molar refractivity (Wildman–Crippen MR) is 116 cm³/mol. The van der Waals surface area contributed by atoms with Crippen molar-refractivity contribution in [2.75, 3.05) is 6.61 Å². The third kappa shape index (κ3) is 5.59. The van der Waals surface area contributed by atoms with E-state index in [2.05, 4.69) is 22.6 Å². The molecule has 134 valence electrons. The molecule has 0 saturated carbocycles. The highest BCUT2D eigenvalue weighted by molar-refractivity contribution is 14.1. The molecule has 26 heavy (non-hydrogen) atoms. The van der Waals surface area contributed by atoms with Gasteiger partial charge >= 0.3 is 0 Å². The van der Waals surface area contributed by atoms with Gasteiger partial charge in [0.05, 0.1) is 15.8 Å². The first-order chi connectivity index (χ1) is 12.4. The topological polar surface area (TPSA) is 68.3 Å². The Labute approximate surface area is 176 Å². The van der Waals surface area contributed by atoms with E-state index in [-0.39, 0.29) is 10.6 Å². The quantitative estimate of drug-likeness (QED) is 0.248. The number of hydrogen-bond acceptors (Lipinski definition) is 4. The molecule has 0 unspecified atom stereocenters. The molecule has 2 aromatic carbocycles. The van der Waals surface area contributed by atoms with Crippen LogP contribution in [0.2, 0.25) is 5.02 Å². The van der Waals surface area contributed by atoms with Crippen molar-refractivity contribution in [2.24, 2.45) is 5.73 Å². The first-order valence-corrected chi connectivity index (χ1v) is 9.56. The highest BCUT2D eigenvalue weighted by Crippen LogP contribution is 2.35. The Bertz CT molecular complexity index is 876. The molecule has 0 amide bonds. The van der Waals surface area contributed by atoms with Crippen molar-refractivity contribution in [2.45, 2.75) is 13.5 Å². The van der Waals surface area contributed by atoms with Crippen LogP contribution in [0.15, 0.2) is 42.0 Å². The second-order valence-corrected chi connectivity index (χ2v) is 7.25. The maximum absolute atomic E-state index is 9.13. The molecule has 0 heterocycles. The summed E-state index contributed by atoms with van der Waals surface area (Å²) < 4.78 is 12.5. The van der Waals surface area contributed by atoms with Crippen LogP contribution in [0.4, 0.5) is 0 Å². The molecule has 7 heteroatoms. The fraction of sp³-hybridized carbons (Fsp3) is 0.158. The molecule has 2 rings (SSSR count). The number of ether oxygens (including phenoxy) is 2. The first-order valence-electron chi connectivity index (χ1n) is 7.69. The Morgan fingerprint density at radius 3 is 2.58 bits per heavy atom. The standard InChI is InChI=1S/C19H16ClIN2O2S/c1-2-24-17-9-13(7-14(10-22)19(23)26)8-16(21)18(17)25-11-12-3-5-15(20)6-4-12/h3-9H,2,11H2,1H3,(H2,23,26). The summed E-state index contributed by atoms with van der Waals surface area (Å²) in [5.74, 6) is 1.24. The summed E-state index contributed by atoms with van der Waals surface area (Å²) in [5, 5.41) is 9.81. The van der Waals surface area contributed by atoms with Crippen LogP contribution in [0.3, 0.4) is 0 Å². The third-order valence-corrected chi connectivity index (χ3v) is 4.60. The molecule has 0 fully saturated rings. The number of hydrogen-bond donors (Lipinski definition) is 1. The Balaban J connectivity index is 2.32. The molecule has 0 radical (unpaired) electrons. The van der Waals surface area contributed by atoms with Crippen LogP contribution in [0.5, 0.6) is 11.5 Å². The molecular formula is C19H16ClIN2O2S. The lowest BCUT2D eigenvalue weighted by atomic mass is 10.1. The van der Waals surface area contributed by atoms with Crippen molar-refractivity contribution in [3.63, 3.8) is 0 Å². The normalized spacial score (nSPS) is 10.9. The van der Waals surface area contributed by atoms with Crippen LogP contribution < -0.4 is 15.2 Å². The number of nitriles is 1. The van der Waals surface area contributed by atoms with E-state index in [9.17, 15) is 0 Å². The van der Waals surface area contributed by atoms with Gasteiger partial charge in [-0.3, -0.25) is 0 Å². The highest BCUT2D eigenvalue weighted by atomic mass is 127. The van der Waals surface area contributed by atoms with E-state index in [0.717, 1.165) is 14.7 Å². The zero-order valence-electron chi connectivity index (χ0n) is 14.0. The van der Waals surface area contributed by atoms with Crippen molar-refractivity contribution in [1.82, 2.24) is 0 Å². The van der Waals surface area contributed by atoms with Gasteiger partial charge in [0.1, 0.15) is 17.7 Å². The minimum atomic E-state index is 0.0588. The fourth-order valence-corrected chi connectivity index (χ4v) is 3.15. The molecule has 0 aromatic heterocycles. The smallest absolute Gasteiger partial charge is 0.175 e. The summed E-state index contributed by atoms with van der Waals surface area (Å²) in [6.45, 7) is 2.77. The van der Waals surface area contributed by atoms with Gasteiger partial charge in [0.15, 0.2) is 11.5 Å². The lowest BCUT2D eigenvalue weighted by molar-refractivity contribution is 0.267. The predicted octanol–water partition coefficient (Wildman–Crippen LogP) is 5.12. The van der Waals surface area contributed by atoms with Crippen molar-refractivity contribution >= 4 is 57.5 Å². The molecule has 0 atom stereocenters. The monoisotopic (exact) mass is 498 g/mol. The second-order valence-electron chi connectivity index (χ2n) is 5.21. The van der Waals surface area contributed by atoms with Gasteiger partial charge < -0.3 is 15.2 Å². The summed E-state index contributed by atoms with van der Waals surface area (Å²) in [6, 6.07) is 13.1. The minimum absolute atomic E-state index is 0.0588. The van der Waals surface area contributed by atoms with Crippen LogP contribution in [-0.2, 0) is 6.61 Å². The fourth-order valence-electron chi connectivity index (χ4n) is 2.14. The summed E-state index contributed by atoms with van der Waals surface area (Å²) in [5.41, 5.74) is 7.56. The van der Waals surface area contributed by atoms with Crippen molar-refractivity contribution in [3.8, 4) is 17.6 Å². The number of halogens is 2. The molecule has 0 aliphatic rings. The number of benzene rings is 2. The molecule has 0 aliphatic heterocycles. The van der Waals surface area contributed by atoms with Gasteiger partial charge in [0.25, 0.3) is 0 Å². The van der Waals surface area contributed by atoms with Gasteiger partial charge in [-0.2, -0.15) is 5.26 Å². The van der Waals surface area contributed by atoms with Gasteiger partial charge in [-0.1, -0.05) is 36.0 Å². The van der Waals surface area contributed by atoms with Crippen LogP contribution in [-0.4, -0.2) is 11.6 Å². The van der Waals surface area contributed by atoms with E-state index in [0.29, 0.717) is 29.7 Å². The number of nitrogens with zero attached hydrogens (tertiary/aromatic N) is 1. The lowest BCUT2D eigenvalue weighted by Crippen LogP contribution is -2.09. The van der Waals surface area contributed by atoms with Gasteiger partial charge in [-0.15, -0.1) is 0 Å². The molecule has 0 saturated heterocycles. The zero-order chi connectivity index (χ0) is 19.1. The largest absolute Gasteiger partial charge is 0.490 e. The zero-order valence-corrected chi connectivity index (χ0v) is 17.7. The van der Waals surface area contributed by atoms with E-state index < -0.39 is 0 Å². The van der Waals surface area contributed by atoms with Crippen molar-refractivity contribution < 1.29 is 9.47 Å². The maximum Gasteiger partial charge on any atom is 0.175 e. The van der Waals surface area contributed by atoms with Crippen molar-refractivity contribution in [1.29, 1.82) is 5.26 Å². The SMILES string of the molecule is CCOc1cc(C=C(C#N)C(N)=S)cc(I)c1OCc1ccc(Cl)cc1. The third-order valence-electron chi connectivity index (χ3n) is 3.33. The maximum atomic E-state index is 9.13. The van der Waals surface area contributed by atoms with Crippen LogP contribution in [0.1, 0.15) is 18.1 Å². The van der Waals surface area contributed by atoms with Crippen LogP contribution >= 0.6 is 46.4 Å². The number of nitrogens with two attached hydrogens (primary N) is 1. The molecular weight excluding hydrogens is 483 g/mol. The van der Waals surface area contributed by atoms with Gasteiger partial charge in [0, 0.05) is 5.02 Å². The number of rotatable bonds is 7. The summed E-state index contributed by atoms with van der Waals surface area (Å²) in [6.07, 6.45) is 1.63. The van der Waals surface area contributed by atoms with E-state index in [1.807, 2.05) is 43.3 Å². The summed E-state index contributed by atoms with van der Waals surface area (Å²) >= 11 is 13.0. The summed E-state index contributed by atoms with van der Waals surface area (Å²) in [7, 11) is 0. The Morgan fingerprint density at radius 2 is 2.00 bits per heavy atom. The van der Waals surface area contributed by atoms with Crippen molar-refractivity contribution in [3.05, 3.63) is 61.7 Å². The second kappa shape index (κ2) is 9.76. The van der Waals surface area contributed by atoms with E-state index >= 15 is 0 Å². The first kappa shape index (κ1) is 20.5. The van der Waals surface area contributed by atoms with Gasteiger partial charge in [-0.25, -0.2) is 0 Å².